The highest BCUT2D eigenvalue weighted by Gasteiger charge is 2.28. The second kappa shape index (κ2) is 5.87. The van der Waals surface area contributed by atoms with Crippen molar-refractivity contribution in [3.63, 3.8) is 0 Å². The van der Waals surface area contributed by atoms with E-state index in [0.29, 0.717) is 10.9 Å². The summed E-state index contributed by atoms with van der Waals surface area (Å²) in [5.41, 5.74) is 0. The average Bonchev–Trinajstić information content (AvgIpc) is 2.88. The minimum absolute atomic E-state index is 0.0137. The van der Waals surface area contributed by atoms with Crippen LogP contribution in [0.1, 0.15) is 39.0 Å². The number of hydrogen-bond donors (Lipinski definition) is 1. The third-order valence-corrected chi connectivity index (χ3v) is 6.69. The second-order valence-electron chi connectivity index (χ2n) is 5.69. The van der Waals surface area contributed by atoms with Crippen molar-refractivity contribution >= 4 is 37.9 Å². The number of halogens is 1. The van der Waals surface area contributed by atoms with Crippen LogP contribution in [0.5, 0.6) is 0 Å². The van der Waals surface area contributed by atoms with Gasteiger partial charge in [-0.3, -0.25) is 4.40 Å². The van der Waals surface area contributed by atoms with Crippen LogP contribution < -0.4 is 4.72 Å². The van der Waals surface area contributed by atoms with Gasteiger partial charge in [-0.05, 0) is 25.2 Å². The molecule has 0 aromatic carbocycles. The average molecular weight is 348 g/mol. The lowest BCUT2D eigenvalue weighted by atomic mass is 10.0. The van der Waals surface area contributed by atoms with Crippen LogP contribution in [0.25, 0.3) is 4.96 Å². The molecule has 0 amide bonds. The van der Waals surface area contributed by atoms with Gasteiger partial charge in [-0.2, -0.15) is 0 Å². The van der Waals surface area contributed by atoms with E-state index in [1.807, 2.05) is 0 Å². The van der Waals surface area contributed by atoms with Crippen LogP contribution in [0.3, 0.4) is 0 Å². The summed E-state index contributed by atoms with van der Waals surface area (Å²) in [4.78, 5) is 4.68. The van der Waals surface area contributed by atoms with Gasteiger partial charge >= 0.3 is 0 Å². The Hall–Kier alpha value is -0.630. The molecule has 1 N–H and O–H groups in total. The number of imidazole rings is 1. The summed E-state index contributed by atoms with van der Waals surface area (Å²) in [5, 5.41) is 1.89. The number of fused-ring (bicyclic) bond motifs is 1. The van der Waals surface area contributed by atoms with Gasteiger partial charge in [-0.25, -0.2) is 18.1 Å². The summed E-state index contributed by atoms with van der Waals surface area (Å²) in [6.45, 7) is 2.22. The van der Waals surface area contributed by atoms with E-state index in [0.717, 1.165) is 25.7 Å². The maximum absolute atomic E-state index is 12.6. The molecule has 0 spiro atoms. The minimum atomic E-state index is -3.65. The molecular weight excluding hydrogens is 330 g/mol. The lowest BCUT2D eigenvalue weighted by Crippen LogP contribution is -2.35. The van der Waals surface area contributed by atoms with E-state index in [1.165, 1.54) is 22.2 Å². The van der Waals surface area contributed by atoms with Gasteiger partial charge in [0.15, 0.2) is 15.1 Å². The molecule has 5 nitrogen and oxygen atoms in total. The number of aromatic nitrogens is 2. The summed E-state index contributed by atoms with van der Waals surface area (Å²) < 4.78 is 29.6. The molecule has 2 atom stereocenters. The molecule has 116 valence electrons. The van der Waals surface area contributed by atoms with Crippen molar-refractivity contribution in [1.82, 2.24) is 14.1 Å². The fraction of sp³-hybridized carbons (Fsp3) is 0.615. The highest BCUT2D eigenvalue weighted by atomic mass is 35.5. The lowest BCUT2D eigenvalue weighted by Gasteiger charge is -2.16. The molecule has 0 aliphatic heterocycles. The first kappa shape index (κ1) is 15.3. The van der Waals surface area contributed by atoms with E-state index in [2.05, 4.69) is 16.6 Å². The monoisotopic (exact) mass is 347 g/mol. The Morgan fingerprint density at radius 1 is 1.38 bits per heavy atom. The summed E-state index contributed by atoms with van der Waals surface area (Å²) in [5.74, 6) is 0.668. The van der Waals surface area contributed by atoms with Gasteiger partial charge in [0, 0.05) is 17.6 Å². The Morgan fingerprint density at radius 2 is 2.19 bits per heavy atom. The van der Waals surface area contributed by atoms with Gasteiger partial charge in [0.2, 0.25) is 0 Å². The van der Waals surface area contributed by atoms with Gasteiger partial charge in [0.25, 0.3) is 10.0 Å². The summed E-state index contributed by atoms with van der Waals surface area (Å²) >= 11 is 7.39. The number of nitrogens with zero attached hydrogens (tertiary/aromatic N) is 2. The smallest absolute Gasteiger partial charge is 0.260 e. The van der Waals surface area contributed by atoms with Crippen LogP contribution in [0.15, 0.2) is 16.6 Å². The fourth-order valence-corrected chi connectivity index (χ4v) is 5.62. The highest BCUT2D eigenvalue weighted by molar-refractivity contribution is 7.89. The minimum Gasteiger partial charge on any atom is -0.279 e. The third-order valence-electron chi connectivity index (χ3n) is 4.01. The molecule has 1 aliphatic carbocycles. The molecule has 0 bridgehead atoms. The molecule has 1 aliphatic rings. The molecular formula is C13H18ClN3O2S2. The van der Waals surface area contributed by atoms with Crippen LogP contribution >= 0.6 is 22.9 Å². The van der Waals surface area contributed by atoms with Crippen LogP contribution in [-0.2, 0) is 10.0 Å². The highest BCUT2D eigenvalue weighted by Crippen LogP contribution is 2.27. The van der Waals surface area contributed by atoms with E-state index < -0.39 is 10.0 Å². The zero-order valence-corrected chi connectivity index (χ0v) is 14.1. The molecule has 2 heterocycles. The van der Waals surface area contributed by atoms with Gasteiger partial charge < -0.3 is 0 Å². The Morgan fingerprint density at radius 3 is 3.00 bits per heavy atom. The number of rotatable bonds is 3. The van der Waals surface area contributed by atoms with Crippen molar-refractivity contribution in [2.45, 2.75) is 50.1 Å². The first-order chi connectivity index (χ1) is 9.97. The first-order valence-corrected chi connectivity index (χ1v) is 9.85. The SMILES string of the molecule is CC1CCCC(NS(=O)(=O)c2c(Cl)nc3sccn23)CC1. The Kier molecular flexibility index (Phi) is 4.27. The van der Waals surface area contributed by atoms with Crippen molar-refractivity contribution < 1.29 is 8.42 Å². The number of hydrogen-bond acceptors (Lipinski definition) is 4. The van der Waals surface area contributed by atoms with E-state index in [1.54, 1.807) is 11.6 Å². The summed E-state index contributed by atoms with van der Waals surface area (Å²) in [6.07, 6.45) is 6.73. The Balaban J connectivity index is 1.86. The molecule has 2 aromatic heterocycles. The van der Waals surface area contributed by atoms with Gasteiger partial charge in [-0.1, -0.05) is 31.4 Å². The van der Waals surface area contributed by atoms with Crippen LogP contribution in [-0.4, -0.2) is 23.8 Å². The van der Waals surface area contributed by atoms with E-state index in [4.69, 9.17) is 11.6 Å². The van der Waals surface area contributed by atoms with Crippen LogP contribution in [0.2, 0.25) is 5.15 Å². The molecule has 3 rings (SSSR count). The first-order valence-electron chi connectivity index (χ1n) is 7.11. The quantitative estimate of drug-likeness (QED) is 0.866. The molecule has 8 heteroatoms. The molecule has 0 radical (unpaired) electrons. The van der Waals surface area contributed by atoms with Crippen molar-refractivity contribution in [3.05, 3.63) is 16.7 Å². The molecule has 1 fully saturated rings. The molecule has 1 saturated carbocycles. The molecule has 2 aromatic rings. The lowest BCUT2D eigenvalue weighted by molar-refractivity contribution is 0.483. The van der Waals surface area contributed by atoms with Crippen molar-refractivity contribution in [2.24, 2.45) is 5.92 Å². The Bertz CT molecular complexity index is 738. The van der Waals surface area contributed by atoms with Gasteiger partial charge in [-0.15, -0.1) is 11.3 Å². The van der Waals surface area contributed by atoms with E-state index >= 15 is 0 Å². The zero-order chi connectivity index (χ0) is 15.0. The van der Waals surface area contributed by atoms with E-state index in [9.17, 15) is 8.42 Å². The fourth-order valence-electron chi connectivity index (χ4n) is 2.86. The standard InChI is InChI=1S/C13H18ClN3O2S2/c1-9-3-2-4-10(6-5-9)16-21(18,19)12-11(14)15-13-17(12)7-8-20-13/h7-10,16H,2-6H2,1H3. The molecule has 21 heavy (non-hydrogen) atoms. The predicted molar refractivity (Wildman–Crippen MR) is 84.4 cm³/mol. The molecule has 0 saturated heterocycles. The van der Waals surface area contributed by atoms with Crippen molar-refractivity contribution in [1.29, 1.82) is 0 Å². The zero-order valence-electron chi connectivity index (χ0n) is 11.8. The third kappa shape index (κ3) is 3.11. The van der Waals surface area contributed by atoms with Gasteiger partial charge in [0.1, 0.15) is 0 Å². The largest absolute Gasteiger partial charge is 0.279 e. The van der Waals surface area contributed by atoms with Crippen molar-refractivity contribution in [3.8, 4) is 0 Å². The number of sulfonamides is 1. The van der Waals surface area contributed by atoms with Crippen LogP contribution in [0.4, 0.5) is 0 Å². The summed E-state index contributed by atoms with van der Waals surface area (Å²) in [7, 11) is -3.65. The van der Waals surface area contributed by atoms with E-state index in [-0.39, 0.29) is 16.2 Å². The maximum Gasteiger partial charge on any atom is 0.260 e. The molecule has 2 unspecified atom stereocenters. The predicted octanol–water partition coefficient (Wildman–Crippen LogP) is 3.30. The summed E-state index contributed by atoms with van der Waals surface area (Å²) in [6, 6.07) is -0.0137. The number of nitrogens with one attached hydrogen (secondary N) is 1. The number of thiazole rings is 1. The topological polar surface area (TPSA) is 63.5 Å². The maximum atomic E-state index is 12.6. The van der Waals surface area contributed by atoms with Crippen LogP contribution in [0, 0.1) is 5.92 Å². The van der Waals surface area contributed by atoms with Gasteiger partial charge in [0.05, 0.1) is 0 Å². The van der Waals surface area contributed by atoms with Crippen molar-refractivity contribution in [2.75, 3.05) is 0 Å². The normalized spacial score (nSPS) is 24.3. The Labute approximate surface area is 133 Å². The second-order valence-corrected chi connectivity index (χ2v) is 8.56.